The monoisotopic (exact) mass is 387 g/mol. The van der Waals surface area contributed by atoms with E-state index in [0.717, 1.165) is 11.3 Å². The molecule has 3 rings (SSSR count). The summed E-state index contributed by atoms with van der Waals surface area (Å²) in [5.41, 5.74) is 3.38. The van der Waals surface area contributed by atoms with E-state index in [0.29, 0.717) is 22.9 Å². The summed E-state index contributed by atoms with van der Waals surface area (Å²) in [4.78, 5) is 23.2. The Bertz CT molecular complexity index is 1010. The lowest BCUT2D eigenvalue weighted by Gasteiger charge is -2.07. The second kappa shape index (κ2) is 7.63. The van der Waals surface area contributed by atoms with Gasteiger partial charge < -0.3 is 10.4 Å². The Hall–Kier alpha value is -3.13. The van der Waals surface area contributed by atoms with Crippen molar-refractivity contribution in [3.8, 4) is 0 Å². The van der Waals surface area contributed by atoms with Crippen LogP contribution in [0.5, 0.6) is 0 Å². The molecule has 2 heterocycles. The van der Waals surface area contributed by atoms with Gasteiger partial charge in [0.25, 0.3) is 5.91 Å². The third kappa shape index (κ3) is 4.35. The van der Waals surface area contributed by atoms with Crippen molar-refractivity contribution in [2.75, 3.05) is 5.32 Å². The number of aliphatic carboxylic acids is 1. The summed E-state index contributed by atoms with van der Waals surface area (Å²) in [7, 11) is 0. The molecule has 8 nitrogen and oxygen atoms in total. The number of hydrogen-bond acceptors (Lipinski definition) is 4. The fourth-order valence-corrected chi connectivity index (χ4v) is 2.94. The van der Waals surface area contributed by atoms with Crippen molar-refractivity contribution < 1.29 is 14.7 Å². The highest BCUT2D eigenvalue weighted by Crippen LogP contribution is 2.22. The van der Waals surface area contributed by atoms with Gasteiger partial charge >= 0.3 is 5.97 Å². The number of rotatable bonds is 6. The van der Waals surface area contributed by atoms with E-state index >= 15 is 0 Å². The van der Waals surface area contributed by atoms with Crippen LogP contribution in [0.25, 0.3) is 0 Å². The predicted octanol–water partition coefficient (Wildman–Crippen LogP) is 2.74. The lowest BCUT2D eigenvalue weighted by atomic mass is 10.2. The van der Waals surface area contributed by atoms with Gasteiger partial charge in [-0.2, -0.15) is 10.2 Å². The van der Waals surface area contributed by atoms with E-state index in [1.165, 1.54) is 17.1 Å². The molecule has 0 aliphatic carbocycles. The topological polar surface area (TPSA) is 102 Å². The smallest absolute Gasteiger partial charge is 0.325 e. The zero-order valence-corrected chi connectivity index (χ0v) is 15.6. The predicted molar refractivity (Wildman–Crippen MR) is 100 cm³/mol. The van der Waals surface area contributed by atoms with Gasteiger partial charge in [-0.3, -0.25) is 19.0 Å². The summed E-state index contributed by atoms with van der Waals surface area (Å²) in [6, 6.07) is 7.51. The number of carboxylic acid groups (broad SMARTS) is 1. The van der Waals surface area contributed by atoms with Crippen LogP contribution in [0.2, 0.25) is 5.02 Å². The Morgan fingerprint density at radius 3 is 2.78 bits per heavy atom. The van der Waals surface area contributed by atoms with Crippen molar-refractivity contribution in [1.29, 1.82) is 0 Å². The molecule has 0 aliphatic rings. The summed E-state index contributed by atoms with van der Waals surface area (Å²) in [5, 5.41) is 20.6. The lowest BCUT2D eigenvalue weighted by molar-refractivity contribution is -0.137. The molecule has 0 fully saturated rings. The van der Waals surface area contributed by atoms with Crippen LogP contribution in [-0.2, 0) is 17.9 Å². The van der Waals surface area contributed by atoms with Crippen LogP contribution in [0, 0.1) is 13.8 Å². The van der Waals surface area contributed by atoms with Gasteiger partial charge in [0.05, 0.1) is 35.4 Å². The third-order valence-electron chi connectivity index (χ3n) is 4.03. The summed E-state index contributed by atoms with van der Waals surface area (Å²) in [5.74, 6) is -1.40. The van der Waals surface area contributed by atoms with Gasteiger partial charge in [0.15, 0.2) is 0 Å². The molecule has 0 bridgehead atoms. The van der Waals surface area contributed by atoms with Crippen molar-refractivity contribution in [3.05, 3.63) is 64.2 Å². The Kier molecular flexibility index (Phi) is 5.27. The third-order valence-corrected chi connectivity index (χ3v) is 4.27. The maximum absolute atomic E-state index is 12.5. The average molecular weight is 388 g/mol. The molecule has 0 radical (unpaired) electrons. The van der Waals surface area contributed by atoms with Gasteiger partial charge in [0.1, 0.15) is 6.54 Å². The number of aryl methyl sites for hydroxylation is 1. The molecule has 1 aromatic carbocycles. The molecule has 2 N–H and O–H groups in total. The highest BCUT2D eigenvalue weighted by atomic mass is 35.5. The van der Waals surface area contributed by atoms with Crippen LogP contribution in [0.15, 0.2) is 36.7 Å². The van der Waals surface area contributed by atoms with Gasteiger partial charge in [0, 0.05) is 11.2 Å². The minimum atomic E-state index is -1.03. The van der Waals surface area contributed by atoms with E-state index in [1.807, 2.05) is 38.1 Å². The van der Waals surface area contributed by atoms with E-state index in [9.17, 15) is 9.59 Å². The number of nitrogens with zero attached hydrogens (tertiary/aromatic N) is 4. The molecular weight excluding hydrogens is 370 g/mol. The molecule has 0 aliphatic heterocycles. The Labute approximate surface area is 160 Å². The molecule has 3 aromatic rings. The second-order valence-corrected chi connectivity index (χ2v) is 6.54. The van der Waals surface area contributed by atoms with E-state index in [-0.39, 0.29) is 18.0 Å². The first-order chi connectivity index (χ1) is 12.8. The number of amides is 1. The van der Waals surface area contributed by atoms with Crippen LogP contribution < -0.4 is 5.32 Å². The van der Waals surface area contributed by atoms with Crippen LogP contribution in [0.3, 0.4) is 0 Å². The molecule has 0 atom stereocenters. The quantitative estimate of drug-likeness (QED) is 0.677. The first kappa shape index (κ1) is 18.7. The number of anilines is 1. The number of carbonyl (C=O) groups excluding carboxylic acids is 1. The number of carboxylic acids is 1. The van der Waals surface area contributed by atoms with E-state index in [4.69, 9.17) is 16.7 Å². The Balaban J connectivity index is 1.77. The molecule has 0 saturated carbocycles. The number of nitrogens with one attached hydrogen (secondary N) is 1. The highest BCUT2D eigenvalue weighted by Gasteiger charge is 2.17. The fraction of sp³-hybridized carbons (Fsp3) is 0.222. The second-order valence-electron chi connectivity index (χ2n) is 6.11. The average Bonchev–Trinajstić information content (AvgIpc) is 3.15. The number of hydrogen-bond donors (Lipinski definition) is 2. The molecule has 0 saturated heterocycles. The molecule has 2 aromatic heterocycles. The Morgan fingerprint density at radius 1 is 1.30 bits per heavy atom. The highest BCUT2D eigenvalue weighted by molar-refractivity contribution is 6.30. The lowest BCUT2D eigenvalue weighted by Crippen LogP contribution is -2.13. The Morgan fingerprint density at radius 2 is 2.07 bits per heavy atom. The van der Waals surface area contributed by atoms with Gasteiger partial charge in [0.2, 0.25) is 0 Å². The number of carbonyl (C=O) groups is 2. The molecule has 9 heteroatoms. The molecule has 0 spiro atoms. The van der Waals surface area contributed by atoms with Gasteiger partial charge in [-0.25, -0.2) is 0 Å². The molecule has 140 valence electrons. The van der Waals surface area contributed by atoms with Gasteiger partial charge in [-0.1, -0.05) is 23.7 Å². The normalized spacial score (nSPS) is 10.8. The molecule has 0 unspecified atom stereocenters. The van der Waals surface area contributed by atoms with Crippen molar-refractivity contribution in [2.45, 2.75) is 26.9 Å². The van der Waals surface area contributed by atoms with E-state index < -0.39 is 5.97 Å². The minimum absolute atomic E-state index is 0.276. The molecule has 27 heavy (non-hydrogen) atoms. The first-order valence-electron chi connectivity index (χ1n) is 8.17. The zero-order valence-electron chi connectivity index (χ0n) is 14.8. The van der Waals surface area contributed by atoms with Gasteiger partial charge in [-0.05, 0) is 31.5 Å². The molecular formula is C18H18ClN5O3. The standard InChI is InChI=1S/C18H18ClN5O3/c1-11-17(21-18(27)14-7-20-23(9-14)10-16(25)26)12(2)24(22-11)8-13-4-3-5-15(19)6-13/h3-7,9H,8,10H2,1-2H3,(H,21,27)(H,25,26). The van der Waals surface area contributed by atoms with E-state index in [2.05, 4.69) is 15.5 Å². The van der Waals surface area contributed by atoms with Crippen molar-refractivity contribution in [3.63, 3.8) is 0 Å². The summed E-state index contributed by atoms with van der Waals surface area (Å²) in [6.45, 7) is 3.90. The van der Waals surface area contributed by atoms with Crippen LogP contribution in [-0.4, -0.2) is 36.5 Å². The molecule has 1 amide bonds. The number of aromatic nitrogens is 4. The van der Waals surface area contributed by atoms with Crippen molar-refractivity contribution in [1.82, 2.24) is 19.6 Å². The summed E-state index contributed by atoms with van der Waals surface area (Å²) in [6.07, 6.45) is 2.73. The maximum atomic E-state index is 12.5. The van der Waals surface area contributed by atoms with Crippen LogP contribution >= 0.6 is 11.6 Å². The zero-order chi connectivity index (χ0) is 19.6. The largest absolute Gasteiger partial charge is 0.480 e. The van der Waals surface area contributed by atoms with Crippen LogP contribution in [0.1, 0.15) is 27.3 Å². The van der Waals surface area contributed by atoms with Crippen molar-refractivity contribution >= 4 is 29.2 Å². The summed E-state index contributed by atoms with van der Waals surface area (Å²) < 4.78 is 2.99. The minimum Gasteiger partial charge on any atom is -0.480 e. The summed E-state index contributed by atoms with van der Waals surface area (Å²) >= 11 is 6.03. The number of benzene rings is 1. The number of halogens is 1. The maximum Gasteiger partial charge on any atom is 0.325 e. The van der Waals surface area contributed by atoms with Crippen molar-refractivity contribution in [2.24, 2.45) is 0 Å². The van der Waals surface area contributed by atoms with Gasteiger partial charge in [-0.15, -0.1) is 0 Å². The SMILES string of the molecule is Cc1nn(Cc2cccc(Cl)c2)c(C)c1NC(=O)c1cnn(CC(=O)O)c1. The fourth-order valence-electron chi connectivity index (χ4n) is 2.73. The first-order valence-corrected chi connectivity index (χ1v) is 8.55. The van der Waals surface area contributed by atoms with E-state index in [1.54, 1.807) is 4.68 Å². The van der Waals surface area contributed by atoms with Crippen LogP contribution in [0.4, 0.5) is 5.69 Å².